The number of tetrazole rings is 1. The lowest BCUT2D eigenvalue weighted by Crippen LogP contribution is -2.43. The van der Waals surface area contributed by atoms with Crippen LogP contribution in [-0.2, 0) is 16.4 Å². The quantitative estimate of drug-likeness (QED) is 0.535. The lowest BCUT2D eigenvalue weighted by molar-refractivity contribution is 0.320. The second kappa shape index (κ2) is 7.90. The van der Waals surface area contributed by atoms with Gasteiger partial charge in [0.2, 0.25) is 10.0 Å². The third-order valence-corrected chi connectivity index (χ3v) is 7.32. The summed E-state index contributed by atoms with van der Waals surface area (Å²) in [6.45, 7) is 0. The summed E-state index contributed by atoms with van der Waals surface area (Å²) in [6.07, 6.45) is 10.5. The molecule has 2 saturated carbocycles. The molecule has 0 unspecified atom stereocenters. The Kier molecular flexibility index (Phi) is 5.36. The van der Waals surface area contributed by atoms with Crippen LogP contribution in [-0.4, -0.2) is 35.1 Å². The van der Waals surface area contributed by atoms with Crippen molar-refractivity contribution in [2.75, 3.05) is 0 Å². The van der Waals surface area contributed by atoms with Gasteiger partial charge in [0.1, 0.15) is 0 Å². The number of benzene rings is 1. The second-order valence-electron chi connectivity index (χ2n) is 7.52. The number of hydrogen-bond donors (Lipinski definition) is 2. The van der Waals surface area contributed by atoms with E-state index in [1.165, 1.54) is 6.42 Å². The van der Waals surface area contributed by atoms with E-state index in [0.29, 0.717) is 16.7 Å². The molecule has 2 N–H and O–H groups in total. The number of aromatic nitrogens is 4. The highest BCUT2D eigenvalue weighted by atomic mass is 32.2. The fourth-order valence-electron chi connectivity index (χ4n) is 4.55. The van der Waals surface area contributed by atoms with Crippen molar-refractivity contribution >= 4 is 10.0 Å². The Morgan fingerprint density at radius 2 is 2.00 bits per heavy atom. The monoisotopic (exact) mass is 387 g/mol. The predicted octanol–water partition coefficient (Wildman–Crippen LogP) is 2.47. The van der Waals surface area contributed by atoms with Gasteiger partial charge in [-0.15, -0.1) is 10.2 Å². The molecule has 0 spiro atoms. The minimum absolute atomic E-state index is 0.00223. The van der Waals surface area contributed by atoms with Gasteiger partial charge in [0, 0.05) is 12.5 Å². The zero-order chi connectivity index (χ0) is 18.7. The lowest BCUT2D eigenvalue weighted by atomic mass is 9.84. The van der Waals surface area contributed by atoms with Gasteiger partial charge in [0.15, 0.2) is 5.82 Å². The highest BCUT2D eigenvalue weighted by Crippen LogP contribution is 2.49. The van der Waals surface area contributed by atoms with E-state index in [-0.39, 0.29) is 12.0 Å². The summed E-state index contributed by atoms with van der Waals surface area (Å²) >= 11 is 0. The average molecular weight is 388 g/mol. The van der Waals surface area contributed by atoms with E-state index in [1.54, 1.807) is 24.3 Å². The number of hydrogen-bond acceptors (Lipinski definition) is 5. The maximum atomic E-state index is 12.8. The third-order valence-electron chi connectivity index (χ3n) is 5.84. The Morgan fingerprint density at radius 3 is 2.78 bits per heavy atom. The van der Waals surface area contributed by atoms with Crippen molar-refractivity contribution in [1.29, 1.82) is 0 Å². The topological polar surface area (TPSA) is 101 Å². The highest BCUT2D eigenvalue weighted by Gasteiger charge is 2.47. The molecule has 0 amide bonds. The van der Waals surface area contributed by atoms with E-state index in [2.05, 4.69) is 37.5 Å². The molecule has 4 atom stereocenters. The van der Waals surface area contributed by atoms with Gasteiger partial charge in [0.05, 0.1) is 4.90 Å². The lowest BCUT2D eigenvalue weighted by Gasteiger charge is -2.29. The Bertz CT molecular complexity index is 867. The van der Waals surface area contributed by atoms with Crippen molar-refractivity contribution in [3.63, 3.8) is 0 Å². The molecule has 7 nitrogen and oxygen atoms in total. The van der Waals surface area contributed by atoms with E-state index >= 15 is 0 Å². The number of nitrogens with zero attached hydrogens (tertiary/aromatic N) is 3. The Labute approximate surface area is 159 Å². The Balaban J connectivity index is 1.38. The highest BCUT2D eigenvalue weighted by molar-refractivity contribution is 7.89. The Morgan fingerprint density at radius 1 is 1.19 bits per heavy atom. The maximum Gasteiger partial charge on any atom is 0.240 e. The summed E-state index contributed by atoms with van der Waals surface area (Å²) in [6, 6.07) is 8.66. The van der Waals surface area contributed by atoms with E-state index in [4.69, 9.17) is 0 Å². The van der Waals surface area contributed by atoms with Crippen molar-refractivity contribution in [2.45, 2.75) is 49.5 Å². The van der Waals surface area contributed by atoms with Crippen LogP contribution in [0, 0.1) is 17.8 Å². The average Bonchev–Trinajstić information content (AvgIpc) is 3.41. The van der Waals surface area contributed by atoms with Crippen LogP contribution in [0.4, 0.5) is 0 Å². The summed E-state index contributed by atoms with van der Waals surface area (Å²) in [5.74, 6) is 2.05. The van der Waals surface area contributed by atoms with Gasteiger partial charge in [-0.25, -0.2) is 13.1 Å². The molecule has 1 aromatic heterocycles. The summed E-state index contributed by atoms with van der Waals surface area (Å²) in [5, 5.41) is 13.9. The number of fused-ring (bicyclic) bond motifs is 2. The van der Waals surface area contributed by atoms with Crippen molar-refractivity contribution < 1.29 is 8.42 Å². The van der Waals surface area contributed by atoms with Crippen molar-refractivity contribution in [2.24, 2.45) is 17.8 Å². The summed E-state index contributed by atoms with van der Waals surface area (Å²) < 4.78 is 28.5. The van der Waals surface area contributed by atoms with E-state index < -0.39 is 10.0 Å². The number of aryl methyl sites for hydroxylation is 1. The molecular weight excluding hydrogens is 362 g/mol. The number of rotatable bonds is 8. The molecule has 1 heterocycles. The zero-order valence-electron chi connectivity index (χ0n) is 15.2. The van der Waals surface area contributed by atoms with Gasteiger partial charge in [-0.1, -0.05) is 35.6 Å². The molecule has 27 heavy (non-hydrogen) atoms. The second-order valence-corrected chi connectivity index (χ2v) is 9.23. The van der Waals surface area contributed by atoms with Gasteiger partial charge in [-0.05, 0) is 62.0 Å². The Hall–Kier alpha value is -2.06. The molecule has 144 valence electrons. The first-order chi connectivity index (χ1) is 13.1. The molecule has 2 aliphatic carbocycles. The zero-order valence-corrected chi connectivity index (χ0v) is 16.0. The fourth-order valence-corrected chi connectivity index (χ4v) is 5.91. The van der Waals surface area contributed by atoms with Gasteiger partial charge < -0.3 is 0 Å². The molecule has 2 aromatic rings. The van der Waals surface area contributed by atoms with Crippen LogP contribution in [0.3, 0.4) is 0 Å². The van der Waals surface area contributed by atoms with Crippen LogP contribution in [0.5, 0.6) is 0 Å². The van der Waals surface area contributed by atoms with Gasteiger partial charge in [0.25, 0.3) is 0 Å². The first kappa shape index (κ1) is 18.3. The maximum absolute atomic E-state index is 12.8. The summed E-state index contributed by atoms with van der Waals surface area (Å²) in [5.41, 5.74) is 0. The molecule has 2 aliphatic rings. The third kappa shape index (κ3) is 4.11. The number of aromatic amines is 1. The summed E-state index contributed by atoms with van der Waals surface area (Å²) in [4.78, 5) is 0.343. The van der Waals surface area contributed by atoms with Crippen molar-refractivity contribution in [1.82, 2.24) is 25.3 Å². The van der Waals surface area contributed by atoms with Gasteiger partial charge >= 0.3 is 0 Å². The summed E-state index contributed by atoms with van der Waals surface area (Å²) in [7, 11) is -3.47. The molecular formula is C19H25N5O2S. The fraction of sp³-hybridized carbons (Fsp3) is 0.526. The van der Waals surface area contributed by atoms with Gasteiger partial charge in [-0.2, -0.15) is 5.21 Å². The van der Waals surface area contributed by atoms with Crippen LogP contribution in [0.15, 0.2) is 47.4 Å². The standard InChI is InChI=1S/C19H25N5O2S/c25-27(26,16-7-3-1-4-8-16)22-19-15-12-11-14(13-15)17(19)9-5-2-6-10-18-20-23-24-21-18/h1,3-5,7-9,14-15,17,19,22H,2,6,10-13H2,(H,20,21,23,24)/t14-,15+,17+,19+/m1/s1. The van der Waals surface area contributed by atoms with Crippen molar-refractivity contribution in [3.8, 4) is 0 Å². The number of H-pyrrole nitrogens is 1. The molecule has 1 aromatic carbocycles. The largest absolute Gasteiger partial charge is 0.240 e. The number of allylic oxidation sites excluding steroid dienone is 1. The molecule has 4 rings (SSSR count). The first-order valence-electron chi connectivity index (χ1n) is 9.60. The minimum Gasteiger partial charge on any atom is -0.207 e. The SMILES string of the molecule is O=S(=O)(N[C@H]1[C@H]2CC[C@H](C2)[C@@H]1C=CCCCc1nn[nH]n1)c1ccccc1. The van der Waals surface area contributed by atoms with E-state index in [9.17, 15) is 8.42 Å². The number of sulfonamides is 1. The molecule has 2 fully saturated rings. The normalized spacial score (nSPS) is 27.6. The molecule has 0 radical (unpaired) electrons. The smallest absolute Gasteiger partial charge is 0.207 e. The molecule has 2 bridgehead atoms. The van der Waals surface area contributed by atoms with Crippen LogP contribution >= 0.6 is 0 Å². The molecule has 0 aliphatic heterocycles. The molecule has 8 heteroatoms. The minimum atomic E-state index is -3.47. The van der Waals surface area contributed by atoms with Crippen LogP contribution in [0.1, 0.15) is 37.9 Å². The van der Waals surface area contributed by atoms with Crippen LogP contribution in [0.25, 0.3) is 0 Å². The molecule has 0 saturated heterocycles. The number of nitrogens with one attached hydrogen (secondary N) is 2. The number of unbranched alkanes of at least 4 members (excludes halogenated alkanes) is 1. The van der Waals surface area contributed by atoms with Crippen LogP contribution in [0.2, 0.25) is 0 Å². The first-order valence-corrected chi connectivity index (χ1v) is 11.1. The predicted molar refractivity (Wildman–Crippen MR) is 101 cm³/mol. The van der Waals surface area contributed by atoms with Crippen molar-refractivity contribution in [3.05, 3.63) is 48.3 Å². The van der Waals surface area contributed by atoms with Crippen LogP contribution < -0.4 is 4.72 Å². The van der Waals surface area contributed by atoms with Gasteiger partial charge in [-0.3, -0.25) is 0 Å². The van der Waals surface area contributed by atoms with E-state index in [0.717, 1.165) is 37.9 Å². The van der Waals surface area contributed by atoms with E-state index in [1.807, 2.05) is 6.07 Å².